The number of carbonyl (C=O) groups excluding carboxylic acids is 4. The average molecular weight is 459 g/mol. The number of carbonyl (C=O) groups is 4. The van der Waals surface area contributed by atoms with E-state index in [9.17, 15) is 19.2 Å². The molecule has 9 heteroatoms. The Bertz CT molecular complexity index is 534. The second kappa shape index (κ2) is 19.5. The molecule has 0 aliphatic rings. The highest BCUT2D eigenvalue weighted by Crippen LogP contribution is 2.09. The van der Waals surface area contributed by atoms with Crippen LogP contribution in [0.5, 0.6) is 0 Å². The van der Waals surface area contributed by atoms with E-state index >= 15 is 0 Å². The second-order valence-electron chi connectivity index (χ2n) is 7.46. The van der Waals surface area contributed by atoms with Crippen molar-refractivity contribution in [3.63, 3.8) is 0 Å². The predicted molar refractivity (Wildman–Crippen MR) is 121 cm³/mol. The van der Waals surface area contributed by atoms with Crippen molar-refractivity contribution in [2.75, 3.05) is 52.5 Å². The Morgan fingerprint density at radius 1 is 0.594 bits per heavy atom. The van der Waals surface area contributed by atoms with Crippen LogP contribution >= 0.6 is 0 Å². The highest BCUT2D eigenvalue weighted by atomic mass is 16.5. The molecule has 0 aliphatic carbocycles. The van der Waals surface area contributed by atoms with E-state index in [4.69, 9.17) is 14.2 Å². The van der Waals surface area contributed by atoms with Crippen molar-refractivity contribution in [1.82, 2.24) is 9.80 Å². The summed E-state index contributed by atoms with van der Waals surface area (Å²) in [6, 6.07) is 0. The van der Waals surface area contributed by atoms with Crippen molar-refractivity contribution >= 4 is 23.8 Å². The van der Waals surface area contributed by atoms with Gasteiger partial charge in [-0.05, 0) is 27.2 Å². The molecule has 0 radical (unpaired) electrons. The van der Waals surface area contributed by atoms with Crippen molar-refractivity contribution in [2.24, 2.45) is 0 Å². The number of hydrogen-bond donors (Lipinski definition) is 0. The number of esters is 3. The van der Waals surface area contributed by atoms with Gasteiger partial charge in [-0.1, -0.05) is 39.0 Å². The van der Waals surface area contributed by atoms with Gasteiger partial charge in [0.25, 0.3) is 0 Å². The monoisotopic (exact) mass is 458 g/mol. The van der Waals surface area contributed by atoms with Crippen molar-refractivity contribution in [2.45, 2.75) is 72.6 Å². The molecule has 0 aromatic heterocycles. The van der Waals surface area contributed by atoms with Crippen LogP contribution in [0, 0.1) is 0 Å². The van der Waals surface area contributed by atoms with Gasteiger partial charge in [-0.15, -0.1) is 0 Å². The smallest absolute Gasteiger partial charge is 0.325 e. The Labute approximate surface area is 192 Å². The summed E-state index contributed by atoms with van der Waals surface area (Å²) in [6.45, 7) is 8.01. The molecule has 0 bridgehead atoms. The Balaban J connectivity index is 4.95. The fourth-order valence-electron chi connectivity index (χ4n) is 3.12. The summed E-state index contributed by atoms with van der Waals surface area (Å²) in [4.78, 5) is 51.6. The first-order valence-electron chi connectivity index (χ1n) is 11.8. The normalized spacial score (nSPS) is 10.7. The summed E-state index contributed by atoms with van der Waals surface area (Å²) < 4.78 is 14.9. The van der Waals surface area contributed by atoms with Crippen LogP contribution in [0.4, 0.5) is 0 Å². The highest BCUT2D eigenvalue weighted by Gasteiger charge is 2.21. The van der Waals surface area contributed by atoms with Gasteiger partial charge < -0.3 is 19.1 Å². The van der Waals surface area contributed by atoms with E-state index in [0.717, 1.165) is 25.7 Å². The molecule has 32 heavy (non-hydrogen) atoms. The van der Waals surface area contributed by atoms with Crippen LogP contribution in [0.3, 0.4) is 0 Å². The molecule has 0 aliphatic heterocycles. The SMILES string of the molecule is CCCCCCCCC(=O)N(CCN(CC(=O)OCC)CC(=O)OCC)CC(=O)OCC. The van der Waals surface area contributed by atoms with Gasteiger partial charge in [-0.2, -0.15) is 0 Å². The molecular weight excluding hydrogens is 416 g/mol. The maximum absolute atomic E-state index is 12.8. The van der Waals surface area contributed by atoms with Crippen LogP contribution in [-0.2, 0) is 33.4 Å². The third-order valence-corrected chi connectivity index (χ3v) is 4.72. The van der Waals surface area contributed by atoms with Crippen LogP contribution < -0.4 is 0 Å². The zero-order chi connectivity index (χ0) is 24.2. The van der Waals surface area contributed by atoms with Gasteiger partial charge in [0.2, 0.25) is 5.91 Å². The van der Waals surface area contributed by atoms with Gasteiger partial charge in [0.15, 0.2) is 0 Å². The fraction of sp³-hybridized carbons (Fsp3) is 0.826. The molecule has 0 N–H and O–H groups in total. The summed E-state index contributed by atoms with van der Waals surface area (Å²) in [7, 11) is 0. The molecule has 0 aromatic carbocycles. The maximum Gasteiger partial charge on any atom is 0.325 e. The molecular formula is C23H42N2O7. The zero-order valence-corrected chi connectivity index (χ0v) is 20.4. The third kappa shape index (κ3) is 15.6. The number of unbranched alkanes of at least 4 members (excludes halogenated alkanes) is 5. The van der Waals surface area contributed by atoms with Gasteiger partial charge in [-0.3, -0.25) is 24.1 Å². The number of hydrogen-bond acceptors (Lipinski definition) is 8. The lowest BCUT2D eigenvalue weighted by Crippen LogP contribution is -2.44. The van der Waals surface area contributed by atoms with E-state index in [0.29, 0.717) is 6.42 Å². The van der Waals surface area contributed by atoms with E-state index in [2.05, 4.69) is 6.92 Å². The molecule has 186 valence electrons. The number of nitrogens with zero attached hydrogens (tertiary/aromatic N) is 2. The molecule has 0 aromatic rings. The predicted octanol–water partition coefficient (Wildman–Crippen LogP) is 2.56. The Kier molecular flexibility index (Phi) is 18.2. The van der Waals surface area contributed by atoms with Gasteiger partial charge in [0.05, 0.1) is 32.9 Å². The standard InChI is InChI=1S/C23H42N2O7/c1-5-9-10-11-12-13-14-20(26)25(19-23(29)32-8-4)16-15-24(17-21(27)30-6-2)18-22(28)31-7-3/h5-19H2,1-4H3. The fourth-order valence-corrected chi connectivity index (χ4v) is 3.12. The van der Waals surface area contributed by atoms with Gasteiger partial charge in [-0.25, -0.2) is 0 Å². The topological polar surface area (TPSA) is 102 Å². The number of rotatable bonds is 19. The summed E-state index contributed by atoms with van der Waals surface area (Å²) in [5.41, 5.74) is 0. The number of amides is 1. The molecule has 0 atom stereocenters. The molecule has 0 rings (SSSR count). The van der Waals surface area contributed by atoms with Gasteiger partial charge in [0, 0.05) is 19.5 Å². The molecule has 9 nitrogen and oxygen atoms in total. The summed E-state index contributed by atoms with van der Waals surface area (Å²) in [5.74, 6) is -1.55. The van der Waals surface area contributed by atoms with E-state index in [-0.39, 0.29) is 58.5 Å². The first kappa shape index (κ1) is 29.8. The van der Waals surface area contributed by atoms with Gasteiger partial charge in [0.1, 0.15) is 6.54 Å². The Morgan fingerprint density at radius 2 is 1.06 bits per heavy atom. The molecule has 0 spiro atoms. The first-order chi connectivity index (χ1) is 15.4. The summed E-state index contributed by atoms with van der Waals surface area (Å²) in [6.07, 6.45) is 6.69. The average Bonchev–Trinajstić information content (AvgIpc) is 2.73. The first-order valence-corrected chi connectivity index (χ1v) is 11.8. The molecule has 0 saturated carbocycles. The molecule has 1 amide bonds. The van der Waals surface area contributed by atoms with Crippen LogP contribution in [-0.4, -0.2) is 86.2 Å². The van der Waals surface area contributed by atoms with Crippen molar-refractivity contribution in [3.8, 4) is 0 Å². The Morgan fingerprint density at radius 3 is 1.56 bits per heavy atom. The zero-order valence-electron chi connectivity index (χ0n) is 20.4. The second-order valence-corrected chi connectivity index (χ2v) is 7.46. The van der Waals surface area contributed by atoms with E-state index in [1.165, 1.54) is 17.7 Å². The quantitative estimate of drug-likeness (QED) is 0.165. The van der Waals surface area contributed by atoms with Crippen LogP contribution in [0.1, 0.15) is 72.6 Å². The van der Waals surface area contributed by atoms with Crippen molar-refractivity contribution in [3.05, 3.63) is 0 Å². The van der Waals surface area contributed by atoms with Crippen molar-refractivity contribution in [1.29, 1.82) is 0 Å². The highest BCUT2D eigenvalue weighted by molar-refractivity contribution is 5.82. The minimum Gasteiger partial charge on any atom is -0.465 e. The third-order valence-electron chi connectivity index (χ3n) is 4.72. The lowest BCUT2D eigenvalue weighted by atomic mass is 10.1. The molecule has 0 heterocycles. The molecule has 0 fully saturated rings. The minimum absolute atomic E-state index is 0.106. The van der Waals surface area contributed by atoms with Gasteiger partial charge >= 0.3 is 17.9 Å². The summed E-state index contributed by atoms with van der Waals surface area (Å²) >= 11 is 0. The molecule has 0 unspecified atom stereocenters. The van der Waals surface area contributed by atoms with Crippen LogP contribution in [0.25, 0.3) is 0 Å². The summed E-state index contributed by atoms with van der Waals surface area (Å²) in [5, 5.41) is 0. The largest absolute Gasteiger partial charge is 0.465 e. The maximum atomic E-state index is 12.8. The van der Waals surface area contributed by atoms with E-state index < -0.39 is 17.9 Å². The van der Waals surface area contributed by atoms with Crippen LogP contribution in [0.2, 0.25) is 0 Å². The lowest BCUT2D eigenvalue weighted by Gasteiger charge is -2.26. The lowest BCUT2D eigenvalue weighted by molar-refractivity contribution is -0.151. The molecule has 0 saturated heterocycles. The minimum atomic E-state index is -0.480. The van der Waals surface area contributed by atoms with Crippen LogP contribution in [0.15, 0.2) is 0 Å². The van der Waals surface area contributed by atoms with E-state index in [1.54, 1.807) is 25.7 Å². The Hall–Kier alpha value is -2.16. The number of ether oxygens (including phenoxy) is 3. The van der Waals surface area contributed by atoms with Crippen molar-refractivity contribution < 1.29 is 33.4 Å². The van der Waals surface area contributed by atoms with E-state index in [1.807, 2.05) is 0 Å².